The number of carbonyl (C=O) groups is 1. The Morgan fingerprint density at radius 1 is 1.53 bits per heavy atom. The molecular weight excluding hydrogens is 218 g/mol. The standard InChI is InChI=1S/C9H10BClO4/c1-2-15-9(12)6-4-3-5-7(8(6)11)10(13)14/h3-5,13-14H,2H2,1H3. The molecule has 1 rings (SSSR count). The van der Waals surface area contributed by atoms with E-state index in [1.165, 1.54) is 18.2 Å². The molecule has 0 atom stereocenters. The van der Waals surface area contributed by atoms with E-state index in [4.69, 9.17) is 26.4 Å². The first-order chi connectivity index (χ1) is 7.07. The largest absolute Gasteiger partial charge is 0.489 e. The van der Waals surface area contributed by atoms with E-state index in [1.807, 2.05) is 0 Å². The van der Waals surface area contributed by atoms with Gasteiger partial charge in [0, 0.05) is 5.46 Å². The second-order valence-electron chi connectivity index (χ2n) is 2.80. The fourth-order valence-corrected chi connectivity index (χ4v) is 1.42. The highest BCUT2D eigenvalue weighted by Gasteiger charge is 2.20. The second-order valence-corrected chi connectivity index (χ2v) is 3.18. The van der Waals surface area contributed by atoms with Crippen molar-refractivity contribution in [3.8, 4) is 0 Å². The summed E-state index contributed by atoms with van der Waals surface area (Å²) in [4.78, 5) is 11.4. The number of hydrogen-bond donors (Lipinski definition) is 2. The van der Waals surface area contributed by atoms with Crippen LogP contribution in [0.1, 0.15) is 17.3 Å². The van der Waals surface area contributed by atoms with Crippen LogP contribution >= 0.6 is 11.6 Å². The van der Waals surface area contributed by atoms with Crippen molar-refractivity contribution in [3.63, 3.8) is 0 Å². The third kappa shape index (κ3) is 2.71. The molecule has 0 fully saturated rings. The molecule has 15 heavy (non-hydrogen) atoms. The lowest BCUT2D eigenvalue weighted by Crippen LogP contribution is -2.31. The van der Waals surface area contributed by atoms with Crippen molar-refractivity contribution in [2.24, 2.45) is 0 Å². The van der Waals surface area contributed by atoms with Crippen molar-refractivity contribution < 1.29 is 19.6 Å². The minimum Gasteiger partial charge on any atom is -0.462 e. The molecule has 1 aromatic rings. The van der Waals surface area contributed by atoms with Crippen molar-refractivity contribution in [1.29, 1.82) is 0 Å². The maximum atomic E-state index is 11.4. The van der Waals surface area contributed by atoms with Gasteiger partial charge in [0.2, 0.25) is 0 Å². The third-order valence-electron chi connectivity index (χ3n) is 1.80. The summed E-state index contributed by atoms with van der Waals surface area (Å²) < 4.78 is 4.76. The molecule has 0 spiro atoms. The zero-order chi connectivity index (χ0) is 11.4. The Labute approximate surface area is 92.6 Å². The van der Waals surface area contributed by atoms with Gasteiger partial charge in [-0.05, 0) is 13.0 Å². The summed E-state index contributed by atoms with van der Waals surface area (Å²) in [5.74, 6) is -0.579. The van der Waals surface area contributed by atoms with E-state index < -0.39 is 13.1 Å². The number of halogens is 1. The molecule has 0 saturated carbocycles. The van der Waals surface area contributed by atoms with Gasteiger partial charge < -0.3 is 14.8 Å². The molecule has 0 radical (unpaired) electrons. The van der Waals surface area contributed by atoms with Crippen LogP contribution in [0.15, 0.2) is 18.2 Å². The Morgan fingerprint density at radius 2 is 2.20 bits per heavy atom. The Bertz CT molecular complexity index is 367. The van der Waals surface area contributed by atoms with Gasteiger partial charge >= 0.3 is 13.1 Å². The predicted octanol–water partition coefficient (Wildman–Crippen LogP) is 0.197. The van der Waals surface area contributed by atoms with Gasteiger partial charge in [-0.1, -0.05) is 23.7 Å². The lowest BCUT2D eigenvalue weighted by Gasteiger charge is -2.07. The molecule has 0 aromatic heterocycles. The first-order valence-electron chi connectivity index (χ1n) is 4.39. The van der Waals surface area contributed by atoms with Crippen LogP contribution in [0.5, 0.6) is 0 Å². The smallest absolute Gasteiger partial charge is 0.462 e. The Hall–Kier alpha value is -1.04. The normalized spacial score (nSPS) is 9.87. The topological polar surface area (TPSA) is 66.8 Å². The zero-order valence-corrected chi connectivity index (χ0v) is 8.86. The van der Waals surface area contributed by atoms with Crippen molar-refractivity contribution in [1.82, 2.24) is 0 Å². The summed E-state index contributed by atoms with van der Waals surface area (Å²) in [5.41, 5.74) is 0.214. The van der Waals surface area contributed by atoms with E-state index in [-0.39, 0.29) is 22.7 Å². The summed E-state index contributed by atoms with van der Waals surface area (Å²) in [6.45, 7) is 1.91. The molecule has 0 aliphatic rings. The van der Waals surface area contributed by atoms with Crippen LogP contribution in [0.25, 0.3) is 0 Å². The number of ether oxygens (including phenoxy) is 1. The molecule has 0 unspecified atom stereocenters. The third-order valence-corrected chi connectivity index (χ3v) is 2.22. The van der Waals surface area contributed by atoms with Crippen LogP contribution in [0.2, 0.25) is 5.02 Å². The molecule has 1 aromatic carbocycles. The van der Waals surface area contributed by atoms with Crippen molar-refractivity contribution in [2.75, 3.05) is 6.61 Å². The van der Waals surface area contributed by atoms with Gasteiger partial charge in [0.25, 0.3) is 0 Å². The van der Waals surface area contributed by atoms with Gasteiger partial charge in [0.15, 0.2) is 0 Å². The van der Waals surface area contributed by atoms with Crippen LogP contribution < -0.4 is 5.46 Å². The molecule has 0 amide bonds. The van der Waals surface area contributed by atoms with E-state index in [1.54, 1.807) is 6.92 Å². The number of rotatable bonds is 3. The van der Waals surface area contributed by atoms with Crippen molar-refractivity contribution in [2.45, 2.75) is 6.92 Å². The average Bonchev–Trinajstić information content (AvgIpc) is 2.17. The highest BCUT2D eigenvalue weighted by molar-refractivity contribution is 6.63. The fourth-order valence-electron chi connectivity index (χ4n) is 1.12. The zero-order valence-electron chi connectivity index (χ0n) is 8.11. The number of carbonyl (C=O) groups excluding carboxylic acids is 1. The van der Waals surface area contributed by atoms with E-state index in [0.29, 0.717) is 0 Å². The molecule has 6 heteroatoms. The van der Waals surface area contributed by atoms with Gasteiger partial charge in [0.05, 0.1) is 17.2 Å². The lowest BCUT2D eigenvalue weighted by molar-refractivity contribution is 0.0526. The van der Waals surface area contributed by atoms with Crippen LogP contribution in [0.4, 0.5) is 0 Å². The predicted molar refractivity (Wildman–Crippen MR) is 57.2 cm³/mol. The minimum atomic E-state index is -1.70. The second kappa shape index (κ2) is 5.16. The van der Waals surface area contributed by atoms with Crippen LogP contribution in [-0.4, -0.2) is 29.7 Å². The summed E-state index contributed by atoms with van der Waals surface area (Å²) in [6, 6.07) is 4.40. The Balaban J connectivity index is 3.09. The van der Waals surface area contributed by atoms with Gasteiger partial charge in [-0.3, -0.25) is 0 Å². The van der Waals surface area contributed by atoms with Gasteiger partial charge in [-0.2, -0.15) is 0 Å². The first kappa shape index (κ1) is 12.0. The number of esters is 1. The molecule has 80 valence electrons. The fraction of sp³-hybridized carbons (Fsp3) is 0.222. The maximum Gasteiger partial charge on any atom is 0.489 e. The highest BCUT2D eigenvalue weighted by Crippen LogP contribution is 2.14. The summed E-state index contributed by atoms with van der Waals surface area (Å²) in [5, 5.41) is 17.9. The molecular formula is C9H10BClO4. The monoisotopic (exact) mass is 228 g/mol. The molecule has 0 bridgehead atoms. The summed E-state index contributed by atoms with van der Waals surface area (Å²) >= 11 is 5.81. The van der Waals surface area contributed by atoms with E-state index in [2.05, 4.69) is 0 Å². The summed E-state index contributed by atoms with van der Waals surface area (Å²) in [7, 11) is -1.70. The molecule has 0 saturated heterocycles. The SMILES string of the molecule is CCOC(=O)c1cccc(B(O)O)c1Cl. The highest BCUT2D eigenvalue weighted by atomic mass is 35.5. The number of benzene rings is 1. The Morgan fingerprint density at radius 3 is 2.73 bits per heavy atom. The minimum absolute atomic E-state index is 0.00551. The van der Waals surface area contributed by atoms with Gasteiger partial charge in [-0.25, -0.2) is 4.79 Å². The van der Waals surface area contributed by atoms with E-state index >= 15 is 0 Å². The maximum absolute atomic E-state index is 11.4. The molecule has 2 N–H and O–H groups in total. The lowest BCUT2D eigenvalue weighted by atomic mass is 9.79. The van der Waals surface area contributed by atoms with Crippen molar-refractivity contribution in [3.05, 3.63) is 28.8 Å². The van der Waals surface area contributed by atoms with Gasteiger partial charge in [0.1, 0.15) is 0 Å². The van der Waals surface area contributed by atoms with Crippen LogP contribution in [-0.2, 0) is 4.74 Å². The molecule has 0 aliphatic carbocycles. The number of hydrogen-bond acceptors (Lipinski definition) is 4. The van der Waals surface area contributed by atoms with Crippen molar-refractivity contribution >= 4 is 30.2 Å². The molecule has 0 heterocycles. The average molecular weight is 228 g/mol. The first-order valence-corrected chi connectivity index (χ1v) is 4.77. The van der Waals surface area contributed by atoms with Crippen LogP contribution in [0.3, 0.4) is 0 Å². The summed E-state index contributed by atoms with van der Waals surface area (Å²) in [6.07, 6.45) is 0. The molecule has 4 nitrogen and oxygen atoms in total. The van der Waals surface area contributed by atoms with Gasteiger partial charge in [-0.15, -0.1) is 0 Å². The van der Waals surface area contributed by atoms with E-state index in [9.17, 15) is 4.79 Å². The van der Waals surface area contributed by atoms with E-state index in [0.717, 1.165) is 0 Å². The quantitative estimate of drug-likeness (QED) is 0.573. The molecule has 0 aliphatic heterocycles. The Kier molecular flexibility index (Phi) is 4.14. The van der Waals surface area contributed by atoms with Crippen LogP contribution in [0, 0.1) is 0 Å².